The number of pyridine rings is 1. The highest BCUT2D eigenvalue weighted by Crippen LogP contribution is 2.63. The van der Waals surface area contributed by atoms with Gasteiger partial charge in [-0.05, 0) is 114 Å². The largest absolute Gasteiger partial charge is 0.436 e. The molecule has 2 aliphatic carbocycles. The van der Waals surface area contributed by atoms with Crippen LogP contribution < -0.4 is 0 Å². The van der Waals surface area contributed by atoms with Gasteiger partial charge >= 0.3 is 0 Å². The summed E-state index contributed by atoms with van der Waals surface area (Å²) in [7, 11) is 0. The molecule has 2 heterocycles. The van der Waals surface area contributed by atoms with Crippen molar-refractivity contribution < 1.29 is 4.42 Å². The summed E-state index contributed by atoms with van der Waals surface area (Å²) in [5, 5.41) is 0. The van der Waals surface area contributed by atoms with Gasteiger partial charge in [-0.1, -0.05) is 133 Å². The molecule has 9 aromatic rings. The molecule has 242 valence electrons. The van der Waals surface area contributed by atoms with Crippen LogP contribution in [0.1, 0.15) is 22.3 Å². The molecule has 2 aromatic heterocycles. The van der Waals surface area contributed by atoms with Crippen LogP contribution in [-0.2, 0) is 5.41 Å². The third-order valence-corrected chi connectivity index (χ3v) is 11.1. The topological polar surface area (TPSA) is 38.9 Å². The van der Waals surface area contributed by atoms with Crippen molar-refractivity contribution in [2.45, 2.75) is 5.41 Å². The third-order valence-electron chi connectivity index (χ3n) is 11.1. The number of nitrogens with zero attached hydrogens (tertiary/aromatic N) is 2. The van der Waals surface area contributed by atoms with E-state index in [-0.39, 0.29) is 5.41 Å². The van der Waals surface area contributed by atoms with Gasteiger partial charge in [-0.2, -0.15) is 0 Å². The molecule has 7 aromatic carbocycles. The fourth-order valence-corrected chi connectivity index (χ4v) is 8.70. The van der Waals surface area contributed by atoms with Crippen molar-refractivity contribution in [1.29, 1.82) is 0 Å². The highest BCUT2D eigenvalue weighted by Gasteiger charge is 2.51. The van der Waals surface area contributed by atoms with Crippen molar-refractivity contribution in [3.8, 4) is 67.1 Å². The monoisotopic (exact) mass is 662 g/mol. The quantitative estimate of drug-likeness (QED) is 0.188. The molecule has 11 rings (SSSR count). The molecular weight excluding hydrogens is 633 g/mol. The average Bonchev–Trinajstić information content (AvgIpc) is 3.88. The molecule has 0 N–H and O–H groups in total. The zero-order valence-corrected chi connectivity index (χ0v) is 28.1. The summed E-state index contributed by atoms with van der Waals surface area (Å²) < 4.78 is 6.44. The second-order valence-corrected chi connectivity index (χ2v) is 13.7. The Morgan fingerprint density at radius 2 is 0.885 bits per heavy atom. The molecule has 3 heteroatoms. The average molecular weight is 663 g/mol. The van der Waals surface area contributed by atoms with Gasteiger partial charge in [0, 0.05) is 18.0 Å². The van der Waals surface area contributed by atoms with Gasteiger partial charge in [0.25, 0.3) is 0 Å². The van der Waals surface area contributed by atoms with Crippen LogP contribution in [0.5, 0.6) is 0 Å². The molecule has 0 radical (unpaired) electrons. The van der Waals surface area contributed by atoms with E-state index in [1.165, 1.54) is 44.5 Å². The number of fused-ring (bicyclic) bond motifs is 11. The SMILES string of the molecule is c1cncc(-c2ccc(-c3ccc(-c4nc5ccc(-c6ccc7c(c6)C6(c8ccccc8-c8ccccc86)c6ccccc6-7)cc5o4)cc3)cc2)c1. The van der Waals surface area contributed by atoms with Gasteiger partial charge in [0.1, 0.15) is 5.52 Å². The molecule has 1 spiro atoms. The first-order chi connectivity index (χ1) is 25.8. The Bertz CT molecular complexity index is 2770. The predicted molar refractivity (Wildman–Crippen MR) is 210 cm³/mol. The van der Waals surface area contributed by atoms with E-state index in [2.05, 4.69) is 169 Å². The molecular formula is C49H30N2O. The first-order valence-corrected chi connectivity index (χ1v) is 17.7. The minimum atomic E-state index is -0.369. The van der Waals surface area contributed by atoms with Crippen LogP contribution in [0, 0.1) is 0 Å². The molecule has 0 saturated carbocycles. The summed E-state index contributed by atoms with van der Waals surface area (Å²) in [6.07, 6.45) is 3.69. The number of hydrogen-bond acceptors (Lipinski definition) is 3. The van der Waals surface area contributed by atoms with Crippen LogP contribution in [0.25, 0.3) is 78.2 Å². The maximum Gasteiger partial charge on any atom is 0.227 e. The Morgan fingerprint density at radius 3 is 1.48 bits per heavy atom. The van der Waals surface area contributed by atoms with Gasteiger partial charge < -0.3 is 4.42 Å². The van der Waals surface area contributed by atoms with E-state index < -0.39 is 0 Å². The van der Waals surface area contributed by atoms with Gasteiger partial charge in [-0.3, -0.25) is 4.98 Å². The van der Waals surface area contributed by atoms with E-state index in [9.17, 15) is 0 Å². The lowest BCUT2D eigenvalue weighted by molar-refractivity contribution is 0.620. The van der Waals surface area contributed by atoms with Crippen molar-refractivity contribution in [3.63, 3.8) is 0 Å². The number of hydrogen-bond donors (Lipinski definition) is 0. The fourth-order valence-electron chi connectivity index (χ4n) is 8.70. The van der Waals surface area contributed by atoms with Gasteiger partial charge in [-0.15, -0.1) is 0 Å². The lowest BCUT2D eigenvalue weighted by Gasteiger charge is -2.30. The molecule has 52 heavy (non-hydrogen) atoms. The summed E-state index contributed by atoms with van der Waals surface area (Å²) >= 11 is 0. The van der Waals surface area contributed by atoms with Gasteiger partial charge in [0.2, 0.25) is 5.89 Å². The van der Waals surface area contributed by atoms with Crippen molar-refractivity contribution in [1.82, 2.24) is 9.97 Å². The fraction of sp³-hybridized carbons (Fsp3) is 0.0204. The molecule has 3 nitrogen and oxygen atoms in total. The zero-order valence-electron chi connectivity index (χ0n) is 28.1. The van der Waals surface area contributed by atoms with E-state index in [1.807, 2.05) is 12.3 Å². The number of benzene rings is 7. The van der Waals surface area contributed by atoms with Crippen molar-refractivity contribution in [3.05, 3.63) is 205 Å². The Labute approximate surface area is 301 Å². The summed E-state index contributed by atoms with van der Waals surface area (Å²) in [6, 6.07) is 61.2. The highest BCUT2D eigenvalue weighted by molar-refractivity contribution is 5.96. The molecule has 0 unspecified atom stereocenters. The van der Waals surface area contributed by atoms with E-state index in [4.69, 9.17) is 9.40 Å². The number of oxazole rings is 1. The molecule has 0 atom stereocenters. The Kier molecular flexibility index (Phi) is 6.17. The summed E-state index contributed by atoms with van der Waals surface area (Å²) in [6.45, 7) is 0. The minimum absolute atomic E-state index is 0.369. The summed E-state index contributed by atoms with van der Waals surface area (Å²) in [5.74, 6) is 0.619. The van der Waals surface area contributed by atoms with E-state index in [0.29, 0.717) is 5.89 Å². The predicted octanol–water partition coefficient (Wildman–Crippen LogP) is 12.2. The lowest BCUT2D eigenvalue weighted by atomic mass is 9.70. The van der Waals surface area contributed by atoms with Crippen LogP contribution in [0.4, 0.5) is 0 Å². The second-order valence-electron chi connectivity index (χ2n) is 13.7. The van der Waals surface area contributed by atoms with Crippen LogP contribution in [0.3, 0.4) is 0 Å². The smallest absolute Gasteiger partial charge is 0.227 e. The van der Waals surface area contributed by atoms with E-state index in [0.717, 1.165) is 50.0 Å². The summed E-state index contributed by atoms with van der Waals surface area (Å²) in [4.78, 5) is 9.13. The standard InChI is InChI=1S/C49H30N2O/c1-4-12-42-38(9-1)39-10-2-5-13-43(39)49(42)44-14-6-3-11-40(44)41-25-23-35(28-45(41)49)36-24-26-46-47(29-36)52-48(51-46)34-21-19-32(20-22-34)31-15-17-33(18-16-31)37-8-7-27-50-30-37/h1-30H. The van der Waals surface area contributed by atoms with Gasteiger partial charge in [-0.25, -0.2) is 4.98 Å². The zero-order chi connectivity index (χ0) is 34.2. The maximum absolute atomic E-state index is 6.44. The highest BCUT2D eigenvalue weighted by atomic mass is 16.3. The second kappa shape index (κ2) is 11.1. The van der Waals surface area contributed by atoms with Crippen LogP contribution in [-0.4, -0.2) is 9.97 Å². The summed E-state index contributed by atoms with van der Waals surface area (Å²) in [5.41, 5.74) is 19.6. The van der Waals surface area contributed by atoms with Crippen LogP contribution in [0.15, 0.2) is 187 Å². The Hall–Kier alpha value is -6.84. The van der Waals surface area contributed by atoms with Gasteiger partial charge in [0.15, 0.2) is 5.58 Å². The molecule has 0 fully saturated rings. The Morgan fingerprint density at radius 1 is 0.385 bits per heavy atom. The number of aromatic nitrogens is 2. The van der Waals surface area contributed by atoms with Crippen molar-refractivity contribution in [2.75, 3.05) is 0 Å². The van der Waals surface area contributed by atoms with E-state index in [1.54, 1.807) is 6.20 Å². The lowest BCUT2D eigenvalue weighted by Crippen LogP contribution is -2.25. The first-order valence-electron chi connectivity index (χ1n) is 17.7. The van der Waals surface area contributed by atoms with Crippen LogP contribution in [0.2, 0.25) is 0 Å². The van der Waals surface area contributed by atoms with Crippen molar-refractivity contribution in [2.24, 2.45) is 0 Å². The first kappa shape index (κ1) is 28.9. The Balaban J connectivity index is 0.957. The molecule has 0 aliphatic heterocycles. The van der Waals surface area contributed by atoms with Crippen LogP contribution >= 0.6 is 0 Å². The molecule has 0 amide bonds. The molecule has 0 saturated heterocycles. The minimum Gasteiger partial charge on any atom is -0.436 e. The molecule has 0 bridgehead atoms. The third kappa shape index (κ3) is 4.14. The molecule has 2 aliphatic rings. The van der Waals surface area contributed by atoms with E-state index >= 15 is 0 Å². The number of rotatable bonds is 4. The normalized spacial score (nSPS) is 13.2. The van der Waals surface area contributed by atoms with Gasteiger partial charge in [0.05, 0.1) is 5.41 Å². The van der Waals surface area contributed by atoms with Crippen molar-refractivity contribution >= 4 is 11.1 Å². The maximum atomic E-state index is 6.44.